The summed E-state index contributed by atoms with van der Waals surface area (Å²) in [5.41, 5.74) is 0. The van der Waals surface area contributed by atoms with Crippen LogP contribution in [0.15, 0.2) is 45.5 Å². The van der Waals surface area contributed by atoms with Crippen LogP contribution in [0.2, 0.25) is 0 Å². The van der Waals surface area contributed by atoms with Gasteiger partial charge in [0.15, 0.2) is 6.61 Å². The lowest BCUT2D eigenvalue weighted by atomic mass is 10.3. The van der Waals surface area contributed by atoms with E-state index in [0.29, 0.717) is 16.0 Å². The van der Waals surface area contributed by atoms with Gasteiger partial charge in [0, 0.05) is 0 Å². The molecule has 2 rings (SSSR count). The molecule has 0 aliphatic rings. The first-order chi connectivity index (χ1) is 10.5. The lowest BCUT2D eigenvalue weighted by molar-refractivity contribution is -0.122. The van der Waals surface area contributed by atoms with E-state index in [1.165, 1.54) is 24.5 Å². The maximum absolute atomic E-state index is 12.9. The molecule has 0 radical (unpaired) electrons. The molecule has 1 aromatic carbocycles. The van der Waals surface area contributed by atoms with Crippen LogP contribution in [0.5, 0.6) is 5.75 Å². The second-order valence-corrected chi connectivity index (χ2v) is 5.03. The van der Waals surface area contributed by atoms with E-state index in [0.717, 1.165) is 0 Å². The number of furan rings is 1. The number of hydrogen-bond acceptors (Lipinski definition) is 4. The Morgan fingerprint density at radius 3 is 2.82 bits per heavy atom. The van der Waals surface area contributed by atoms with Crippen LogP contribution in [-0.4, -0.2) is 18.5 Å². The van der Waals surface area contributed by atoms with Gasteiger partial charge in [-0.3, -0.25) is 10.1 Å². The van der Waals surface area contributed by atoms with Crippen LogP contribution in [0, 0.1) is 5.82 Å². The SMILES string of the molecule is O=C(COc1ccc(F)cc1Br)NC(=O)NCc1ccco1. The minimum Gasteiger partial charge on any atom is -0.483 e. The Labute approximate surface area is 133 Å². The Kier molecular flexibility index (Phi) is 5.54. The second kappa shape index (κ2) is 7.60. The highest BCUT2D eigenvalue weighted by Crippen LogP contribution is 2.25. The third-order valence-corrected chi connectivity index (χ3v) is 3.13. The van der Waals surface area contributed by atoms with Gasteiger partial charge in [-0.1, -0.05) is 0 Å². The minimum atomic E-state index is -0.664. The standard InChI is InChI=1S/C14H12BrFN2O4/c15-11-6-9(16)3-4-12(11)22-8-13(19)18-14(20)17-7-10-2-1-5-21-10/h1-6H,7-8H2,(H2,17,18,19,20). The van der Waals surface area contributed by atoms with Crippen molar-refractivity contribution in [2.45, 2.75) is 6.54 Å². The van der Waals surface area contributed by atoms with E-state index in [9.17, 15) is 14.0 Å². The molecule has 3 amide bonds. The van der Waals surface area contributed by atoms with Gasteiger partial charge in [0.2, 0.25) is 0 Å². The normalized spacial score (nSPS) is 10.1. The molecule has 0 fully saturated rings. The smallest absolute Gasteiger partial charge is 0.321 e. The van der Waals surface area contributed by atoms with Crippen molar-refractivity contribution in [3.8, 4) is 5.75 Å². The summed E-state index contributed by atoms with van der Waals surface area (Å²) in [4.78, 5) is 23.0. The number of carbonyl (C=O) groups excluding carboxylic acids is 2. The monoisotopic (exact) mass is 370 g/mol. The van der Waals surface area contributed by atoms with E-state index in [4.69, 9.17) is 9.15 Å². The summed E-state index contributed by atoms with van der Waals surface area (Å²) in [6.45, 7) is -0.213. The number of nitrogens with one attached hydrogen (secondary N) is 2. The molecular formula is C14H12BrFN2O4. The molecule has 2 N–H and O–H groups in total. The van der Waals surface area contributed by atoms with Crippen molar-refractivity contribution in [1.29, 1.82) is 0 Å². The number of urea groups is 1. The van der Waals surface area contributed by atoms with Gasteiger partial charge in [0.1, 0.15) is 17.3 Å². The number of amides is 3. The number of benzene rings is 1. The lowest BCUT2D eigenvalue weighted by Gasteiger charge is -2.08. The zero-order chi connectivity index (χ0) is 15.9. The summed E-state index contributed by atoms with van der Waals surface area (Å²) < 4.78 is 23.5. The Morgan fingerprint density at radius 1 is 1.32 bits per heavy atom. The van der Waals surface area contributed by atoms with Crippen molar-refractivity contribution >= 4 is 27.9 Å². The van der Waals surface area contributed by atoms with Crippen LogP contribution in [0.25, 0.3) is 0 Å². The van der Waals surface area contributed by atoms with E-state index in [-0.39, 0.29) is 13.2 Å². The largest absolute Gasteiger partial charge is 0.483 e. The Balaban J connectivity index is 1.74. The first-order valence-corrected chi connectivity index (χ1v) is 7.02. The third kappa shape index (κ3) is 4.88. The molecule has 22 heavy (non-hydrogen) atoms. The van der Waals surface area contributed by atoms with Crippen molar-refractivity contribution in [1.82, 2.24) is 10.6 Å². The van der Waals surface area contributed by atoms with Crippen molar-refractivity contribution in [3.63, 3.8) is 0 Å². The molecule has 1 aromatic heterocycles. The average molecular weight is 371 g/mol. The molecule has 0 spiro atoms. The van der Waals surface area contributed by atoms with Crippen LogP contribution in [0.3, 0.4) is 0 Å². The van der Waals surface area contributed by atoms with Gasteiger partial charge >= 0.3 is 6.03 Å². The van der Waals surface area contributed by atoms with Gasteiger partial charge in [-0.15, -0.1) is 0 Å². The fraction of sp³-hybridized carbons (Fsp3) is 0.143. The second-order valence-electron chi connectivity index (χ2n) is 4.17. The predicted molar refractivity (Wildman–Crippen MR) is 78.7 cm³/mol. The molecule has 6 nitrogen and oxygen atoms in total. The van der Waals surface area contributed by atoms with E-state index >= 15 is 0 Å². The Bertz CT molecular complexity index is 661. The number of imide groups is 1. The van der Waals surface area contributed by atoms with E-state index < -0.39 is 17.8 Å². The fourth-order valence-electron chi connectivity index (χ4n) is 1.52. The summed E-state index contributed by atoms with van der Waals surface area (Å²) >= 11 is 3.11. The van der Waals surface area contributed by atoms with Gasteiger partial charge in [-0.05, 0) is 46.3 Å². The van der Waals surface area contributed by atoms with Gasteiger partial charge in [-0.25, -0.2) is 9.18 Å². The summed E-state index contributed by atoms with van der Waals surface area (Å²) in [6.07, 6.45) is 1.48. The Hall–Kier alpha value is -2.35. The number of halogens is 2. The predicted octanol–water partition coefficient (Wildman–Crippen LogP) is 2.59. The maximum Gasteiger partial charge on any atom is 0.321 e. The van der Waals surface area contributed by atoms with Gasteiger partial charge in [0.25, 0.3) is 5.91 Å². The molecule has 0 aliphatic heterocycles. The van der Waals surface area contributed by atoms with Crippen molar-refractivity contribution in [3.05, 3.63) is 52.6 Å². The van der Waals surface area contributed by atoms with Crippen LogP contribution in [0.1, 0.15) is 5.76 Å². The van der Waals surface area contributed by atoms with Gasteiger partial charge in [-0.2, -0.15) is 0 Å². The fourth-order valence-corrected chi connectivity index (χ4v) is 1.99. The van der Waals surface area contributed by atoms with Crippen molar-refractivity contribution in [2.75, 3.05) is 6.61 Å². The average Bonchev–Trinajstić information content (AvgIpc) is 2.97. The molecule has 2 aromatic rings. The number of rotatable bonds is 5. The molecule has 0 atom stereocenters. The first-order valence-electron chi connectivity index (χ1n) is 6.22. The molecule has 0 unspecified atom stereocenters. The highest BCUT2D eigenvalue weighted by atomic mass is 79.9. The summed E-state index contributed by atoms with van der Waals surface area (Å²) in [7, 11) is 0. The molecule has 116 valence electrons. The topological polar surface area (TPSA) is 80.6 Å². The first kappa shape index (κ1) is 16.0. The van der Waals surface area contributed by atoms with Gasteiger partial charge in [0.05, 0.1) is 17.3 Å². The molecule has 0 bridgehead atoms. The zero-order valence-corrected chi connectivity index (χ0v) is 12.9. The number of ether oxygens (including phenoxy) is 1. The molecule has 1 heterocycles. The third-order valence-electron chi connectivity index (χ3n) is 2.51. The summed E-state index contributed by atoms with van der Waals surface area (Å²) in [5, 5.41) is 4.55. The van der Waals surface area contributed by atoms with E-state index in [1.807, 2.05) is 0 Å². The summed E-state index contributed by atoms with van der Waals surface area (Å²) in [6, 6.07) is 6.51. The minimum absolute atomic E-state index is 0.163. The number of hydrogen-bond donors (Lipinski definition) is 2. The van der Waals surface area contributed by atoms with Crippen LogP contribution in [0.4, 0.5) is 9.18 Å². The molecule has 0 saturated carbocycles. The highest BCUT2D eigenvalue weighted by Gasteiger charge is 2.10. The highest BCUT2D eigenvalue weighted by molar-refractivity contribution is 9.10. The molecule has 0 saturated heterocycles. The van der Waals surface area contributed by atoms with Crippen LogP contribution >= 0.6 is 15.9 Å². The molecule has 8 heteroatoms. The van der Waals surface area contributed by atoms with Crippen molar-refractivity contribution in [2.24, 2.45) is 0 Å². The lowest BCUT2D eigenvalue weighted by Crippen LogP contribution is -2.41. The zero-order valence-electron chi connectivity index (χ0n) is 11.3. The van der Waals surface area contributed by atoms with E-state index in [2.05, 4.69) is 26.6 Å². The van der Waals surface area contributed by atoms with Crippen LogP contribution in [-0.2, 0) is 11.3 Å². The molecular weight excluding hydrogens is 359 g/mol. The van der Waals surface area contributed by atoms with Crippen molar-refractivity contribution < 1.29 is 23.1 Å². The quantitative estimate of drug-likeness (QED) is 0.847. The van der Waals surface area contributed by atoms with E-state index in [1.54, 1.807) is 12.1 Å². The van der Waals surface area contributed by atoms with Gasteiger partial charge < -0.3 is 14.5 Å². The van der Waals surface area contributed by atoms with Crippen LogP contribution < -0.4 is 15.4 Å². The maximum atomic E-state index is 12.9. The summed E-state index contributed by atoms with van der Waals surface area (Å²) in [5.74, 6) is -0.198. The molecule has 0 aliphatic carbocycles. The Morgan fingerprint density at radius 2 is 2.14 bits per heavy atom. The number of carbonyl (C=O) groups is 2.